The fourth-order valence-electron chi connectivity index (χ4n) is 2.88. The second-order valence-electron chi connectivity index (χ2n) is 6.51. The van der Waals surface area contributed by atoms with Crippen LogP contribution in [-0.2, 0) is 5.75 Å². The zero-order chi connectivity index (χ0) is 21.6. The summed E-state index contributed by atoms with van der Waals surface area (Å²) in [5.74, 6) is -0.0826. The van der Waals surface area contributed by atoms with Gasteiger partial charge in [0.25, 0.3) is 11.8 Å². The van der Waals surface area contributed by atoms with Crippen molar-refractivity contribution in [3.63, 3.8) is 0 Å². The fourth-order valence-corrected chi connectivity index (χ4v) is 4.27. The lowest BCUT2D eigenvalue weighted by molar-refractivity contribution is 0.0844. The van der Waals surface area contributed by atoms with E-state index in [-0.39, 0.29) is 5.91 Å². The third kappa shape index (κ3) is 5.07. The number of aromatic nitrogens is 3. The SMILES string of the molecule is CSc1ncccc1C(=O)NNC(=O)c1ccc(CSc2nc3ccccc3[nH]2)cc1. The maximum absolute atomic E-state index is 12.4. The van der Waals surface area contributed by atoms with Gasteiger partial charge in [0.05, 0.1) is 16.6 Å². The Morgan fingerprint density at radius 1 is 0.968 bits per heavy atom. The highest BCUT2D eigenvalue weighted by Gasteiger charge is 2.13. The topological polar surface area (TPSA) is 99.8 Å². The summed E-state index contributed by atoms with van der Waals surface area (Å²) in [4.78, 5) is 36.6. The second kappa shape index (κ2) is 9.67. The number of carbonyl (C=O) groups is 2. The Bertz CT molecular complexity index is 1190. The monoisotopic (exact) mass is 449 g/mol. The summed E-state index contributed by atoms with van der Waals surface area (Å²) in [6, 6.07) is 18.5. The number of hydrogen-bond acceptors (Lipinski definition) is 6. The normalized spacial score (nSPS) is 10.7. The van der Waals surface area contributed by atoms with Gasteiger partial charge in [0.2, 0.25) is 0 Å². The molecule has 0 saturated carbocycles. The zero-order valence-corrected chi connectivity index (χ0v) is 18.2. The predicted octanol–water partition coefficient (Wildman–Crippen LogP) is 4.05. The minimum absolute atomic E-state index is 0.389. The summed E-state index contributed by atoms with van der Waals surface area (Å²) in [5, 5.41) is 1.45. The first-order valence-electron chi connectivity index (χ1n) is 9.40. The van der Waals surface area contributed by atoms with Crippen LogP contribution in [0.25, 0.3) is 11.0 Å². The summed E-state index contributed by atoms with van der Waals surface area (Å²) >= 11 is 2.96. The van der Waals surface area contributed by atoms with Crippen LogP contribution in [0.1, 0.15) is 26.3 Å². The maximum Gasteiger partial charge on any atom is 0.272 e. The van der Waals surface area contributed by atoms with Gasteiger partial charge in [-0.1, -0.05) is 36.0 Å². The van der Waals surface area contributed by atoms with Gasteiger partial charge in [-0.05, 0) is 48.2 Å². The number of imidazole rings is 1. The molecule has 0 spiro atoms. The molecule has 0 atom stereocenters. The van der Waals surface area contributed by atoms with Gasteiger partial charge in [0.15, 0.2) is 5.16 Å². The van der Waals surface area contributed by atoms with Crippen molar-refractivity contribution in [2.45, 2.75) is 15.9 Å². The van der Waals surface area contributed by atoms with Crippen LogP contribution in [0.3, 0.4) is 0 Å². The molecule has 0 aliphatic carbocycles. The van der Waals surface area contributed by atoms with Crippen LogP contribution in [0.5, 0.6) is 0 Å². The highest BCUT2D eigenvalue weighted by atomic mass is 32.2. The summed E-state index contributed by atoms with van der Waals surface area (Å²) < 4.78 is 0. The van der Waals surface area contributed by atoms with E-state index in [0.29, 0.717) is 16.2 Å². The molecule has 156 valence electrons. The third-order valence-electron chi connectivity index (χ3n) is 4.46. The Morgan fingerprint density at radius 3 is 2.52 bits per heavy atom. The van der Waals surface area contributed by atoms with Crippen LogP contribution in [0.2, 0.25) is 0 Å². The quantitative estimate of drug-likeness (QED) is 0.303. The van der Waals surface area contributed by atoms with Crippen molar-refractivity contribution in [3.8, 4) is 0 Å². The number of hydrogen-bond donors (Lipinski definition) is 3. The highest BCUT2D eigenvalue weighted by Crippen LogP contribution is 2.23. The van der Waals surface area contributed by atoms with E-state index in [1.807, 2.05) is 42.7 Å². The van der Waals surface area contributed by atoms with Gasteiger partial charge in [-0.3, -0.25) is 20.4 Å². The Labute approximate surface area is 187 Å². The first-order chi connectivity index (χ1) is 15.1. The summed E-state index contributed by atoms with van der Waals surface area (Å²) in [6.07, 6.45) is 3.46. The predicted molar refractivity (Wildman–Crippen MR) is 123 cm³/mol. The highest BCUT2D eigenvalue weighted by molar-refractivity contribution is 7.98. The van der Waals surface area contributed by atoms with Gasteiger partial charge in [-0.2, -0.15) is 0 Å². The van der Waals surface area contributed by atoms with Crippen molar-refractivity contribution in [2.24, 2.45) is 0 Å². The van der Waals surface area contributed by atoms with E-state index >= 15 is 0 Å². The molecule has 0 saturated heterocycles. The number of hydrazine groups is 1. The number of fused-ring (bicyclic) bond motifs is 1. The van der Waals surface area contributed by atoms with E-state index in [2.05, 4.69) is 25.8 Å². The average molecular weight is 450 g/mol. The number of nitrogens with zero attached hydrogens (tertiary/aromatic N) is 2. The Morgan fingerprint density at radius 2 is 1.74 bits per heavy atom. The summed E-state index contributed by atoms with van der Waals surface area (Å²) in [6.45, 7) is 0. The maximum atomic E-state index is 12.4. The molecule has 2 heterocycles. The number of pyridine rings is 1. The zero-order valence-electron chi connectivity index (χ0n) is 16.6. The van der Waals surface area contributed by atoms with Gasteiger partial charge in [-0.25, -0.2) is 9.97 Å². The smallest absolute Gasteiger partial charge is 0.272 e. The van der Waals surface area contributed by atoms with Crippen molar-refractivity contribution in [2.75, 3.05) is 6.26 Å². The molecule has 0 aliphatic heterocycles. The Hall–Kier alpha value is -3.30. The van der Waals surface area contributed by atoms with Crippen LogP contribution in [0.15, 0.2) is 77.0 Å². The molecule has 0 fully saturated rings. The second-order valence-corrected chi connectivity index (χ2v) is 8.27. The molecule has 2 aromatic heterocycles. The van der Waals surface area contributed by atoms with Crippen LogP contribution in [0.4, 0.5) is 0 Å². The summed E-state index contributed by atoms with van der Waals surface area (Å²) in [5.41, 5.74) is 8.76. The lowest BCUT2D eigenvalue weighted by Gasteiger charge is -2.09. The molecule has 9 heteroatoms. The number of carbonyl (C=O) groups excluding carboxylic acids is 2. The minimum Gasteiger partial charge on any atom is -0.333 e. The number of nitrogens with one attached hydrogen (secondary N) is 3. The van der Waals surface area contributed by atoms with E-state index in [4.69, 9.17) is 0 Å². The number of amides is 2. The molecule has 3 N–H and O–H groups in total. The van der Waals surface area contributed by atoms with Crippen LogP contribution < -0.4 is 10.9 Å². The first kappa shape index (κ1) is 21.0. The minimum atomic E-state index is -0.412. The molecule has 0 radical (unpaired) electrons. The van der Waals surface area contributed by atoms with E-state index in [1.54, 1.807) is 42.2 Å². The number of para-hydroxylation sites is 2. The lowest BCUT2D eigenvalue weighted by Crippen LogP contribution is -2.41. The number of aromatic amines is 1. The van der Waals surface area contributed by atoms with Crippen molar-refractivity contribution in [1.29, 1.82) is 0 Å². The van der Waals surface area contributed by atoms with Crippen LogP contribution in [-0.4, -0.2) is 33.0 Å². The van der Waals surface area contributed by atoms with Gasteiger partial charge in [0, 0.05) is 17.5 Å². The Kier molecular flexibility index (Phi) is 6.54. The third-order valence-corrected chi connectivity index (χ3v) is 6.11. The van der Waals surface area contributed by atoms with Crippen molar-refractivity contribution in [3.05, 3.63) is 83.6 Å². The van der Waals surface area contributed by atoms with E-state index in [0.717, 1.165) is 27.5 Å². The molecule has 0 aliphatic rings. The van der Waals surface area contributed by atoms with E-state index in [9.17, 15) is 9.59 Å². The molecule has 2 amide bonds. The molecule has 4 rings (SSSR count). The molecule has 0 unspecified atom stereocenters. The standard InChI is InChI=1S/C22H19N5O2S2/c1-30-21-16(5-4-12-23-21)20(29)27-26-19(28)15-10-8-14(9-11-15)13-31-22-24-17-6-2-3-7-18(17)25-22/h2-12H,13H2,1H3,(H,24,25)(H,26,28)(H,27,29). The molecule has 0 bridgehead atoms. The molecule has 31 heavy (non-hydrogen) atoms. The average Bonchev–Trinajstić information content (AvgIpc) is 3.24. The largest absolute Gasteiger partial charge is 0.333 e. The van der Waals surface area contributed by atoms with Gasteiger partial charge < -0.3 is 4.98 Å². The molecule has 2 aromatic carbocycles. The number of thioether (sulfide) groups is 2. The van der Waals surface area contributed by atoms with Gasteiger partial charge in [0.1, 0.15) is 5.03 Å². The van der Waals surface area contributed by atoms with Crippen molar-refractivity contribution >= 4 is 46.4 Å². The molecule has 4 aromatic rings. The first-order valence-corrected chi connectivity index (χ1v) is 11.6. The van der Waals surface area contributed by atoms with E-state index < -0.39 is 5.91 Å². The lowest BCUT2D eigenvalue weighted by atomic mass is 10.1. The van der Waals surface area contributed by atoms with Crippen molar-refractivity contribution < 1.29 is 9.59 Å². The van der Waals surface area contributed by atoms with Crippen LogP contribution >= 0.6 is 23.5 Å². The molecule has 7 nitrogen and oxygen atoms in total. The number of rotatable bonds is 6. The Balaban J connectivity index is 1.32. The van der Waals surface area contributed by atoms with Crippen molar-refractivity contribution in [1.82, 2.24) is 25.8 Å². The summed E-state index contributed by atoms with van der Waals surface area (Å²) in [7, 11) is 0. The van der Waals surface area contributed by atoms with E-state index in [1.165, 1.54) is 11.8 Å². The molecular weight excluding hydrogens is 430 g/mol. The van der Waals surface area contributed by atoms with Gasteiger partial charge >= 0.3 is 0 Å². The fraction of sp³-hybridized carbons (Fsp3) is 0.0909. The number of H-pyrrole nitrogens is 1. The number of benzene rings is 2. The molecular formula is C22H19N5O2S2. The van der Waals surface area contributed by atoms with Crippen LogP contribution in [0, 0.1) is 0 Å². The van der Waals surface area contributed by atoms with Gasteiger partial charge in [-0.15, -0.1) is 11.8 Å².